The minimum Gasteiger partial charge on any atom is -0.356 e. The summed E-state index contributed by atoms with van der Waals surface area (Å²) in [6.07, 6.45) is 3.14. The van der Waals surface area contributed by atoms with E-state index in [1.54, 1.807) is 0 Å². The van der Waals surface area contributed by atoms with Crippen molar-refractivity contribution in [3.8, 4) is 0 Å². The number of anilines is 1. The molecule has 0 radical (unpaired) electrons. The van der Waals surface area contributed by atoms with Gasteiger partial charge in [-0.05, 0) is 31.0 Å². The van der Waals surface area contributed by atoms with E-state index in [1.165, 1.54) is 5.56 Å². The predicted molar refractivity (Wildman–Crippen MR) is 76.3 cm³/mol. The van der Waals surface area contributed by atoms with Crippen LogP contribution in [-0.2, 0) is 6.54 Å². The van der Waals surface area contributed by atoms with Gasteiger partial charge in [-0.1, -0.05) is 30.7 Å². The lowest BCUT2D eigenvalue weighted by Gasteiger charge is -2.09. The summed E-state index contributed by atoms with van der Waals surface area (Å²) in [5, 5.41) is 4.11. The van der Waals surface area contributed by atoms with E-state index in [9.17, 15) is 0 Å². The minimum atomic E-state index is 0.771. The fraction of sp³-hybridized carbons (Fsp3) is 0.357. The van der Waals surface area contributed by atoms with Crippen molar-refractivity contribution in [3.63, 3.8) is 0 Å². The van der Waals surface area contributed by atoms with Gasteiger partial charge in [0.2, 0.25) is 5.95 Å². The van der Waals surface area contributed by atoms with Crippen LogP contribution in [0, 0.1) is 6.92 Å². The topological polar surface area (TPSA) is 29.9 Å². The first kappa shape index (κ1) is 13.0. The molecule has 0 amide bonds. The van der Waals surface area contributed by atoms with E-state index < -0.39 is 0 Å². The molecule has 4 heteroatoms. The van der Waals surface area contributed by atoms with Crippen LogP contribution in [-0.4, -0.2) is 16.1 Å². The Bertz CT molecular complexity index is 520. The van der Waals surface area contributed by atoms with E-state index in [0.29, 0.717) is 0 Å². The molecule has 0 aliphatic carbocycles. The third-order valence-electron chi connectivity index (χ3n) is 2.67. The Morgan fingerprint density at radius 3 is 2.94 bits per heavy atom. The first-order valence-corrected chi connectivity index (χ1v) is 6.59. The van der Waals surface area contributed by atoms with Gasteiger partial charge in [0.15, 0.2) is 0 Å². The maximum absolute atomic E-state index is 6.00. The smallest absolute Gasteiger partial charge is 0.203 e. The molecular weight excluding hydrogens is 246 g/mol. The standard InChI is InChI=1S/C14H18ClN3/c1-3-7-16-14-17-11(2)9-18(14)10-12-5-4-6-13(15)8-12/h4-6,8-9H,3,7,10H2,1-2H3,(H,16,17). The average Bonchev–Trinajstić information content (AvgIpc) is 2.67. The van der Waals surface area contributed by atoms with Crippen molar-refractivity contribution in [1.29, 1.82) is 0 Å². The monoisotopic (exact) mass is 263 g/mol. The molecule has 0 bridgehead atoms. The van der Waals surface area contributed by atoms with Gasteiger partial charge in [0.25, 0.3) is 0 Å². The summed E-state index contributed by atoms with van der Waals surface area (Å²) in [5.41, 5.74) is 2.20. The van der Waals surface area contributed by atoms with E-state index in [4.69, 9.17) is 11.6 Å². The van der Waals surface area contributed by atoms with E-state index in [0.717, 1.165) is 36.2 Å². The number of halogens is 1. The molecular formula is C14H18ClN3. The van der Waals surface area contributed by atoms with E-state index >= 15 is 0 Å². The third kappa shape index (κ3) is 3.26. The van der Waals surface area contributed by atoms with Crippen LogP contribution in [0.2, 0.25) is 5.02 Å². The summed E-state index contributed by atoms with van der Waals surface area (Å²) in [6.45, 7) is 5.87. The first-order chi connectivity index (χ1) is 8.69. The molecule has 1 aromatic heterocycles. The number of hydrogen-bond acceptors (Lipinski definition) is 2. The van der Waals surface area contributed by atoms with Gasteiger partial charge in [-0.15, -0.1) is 0 Å². The number of aromatic nitrogens is 2. The number of aryl methyl sites for hydroxylation is 1. The second kappa shape index (κ2) is 5.91. The minimum absolute atomic E-state index is 0.771. The maximum atomic E-state index is 6.00. The molecule has 0 saturated carbocycles. The molecule has 0 saturated heterocycles. The molecule has 2 aromatic rings. The molecule has 0 aliphatic heterocycles. The number of benzene rings is 1. The average molecular weight is 264 g/mol. The van der Waals surface area contributed by atoms with Crippen molar-refractivity contribution in [3.05, 3.63) is 46.7 Å². The highest BCUT2D eigenvalue weighted by Gasteiger charge is 2.05. The van der Waals surface area contributed by atoms with Crippen molar-refractivity contribution >= 4 is 17.5 Å². The molecule has 0 spiro atoms. The number of rotatable bonds is 5. The lowest BCUT2D eigenvalue weighted by atomic mass is 10.2. The number of imidazole rings is 1. The zero-order valence-corrected chi connectivity index (χ0v) is 11.5. The molecule has 2 rings (SSSR count). The first-order valence-electron chi connectivity index (χ1n) is 6.21. The van der Waals surface area contributed by atoms with Gasteiger partial charge in [0, 0.05) is 17.8 Å². The van der Waals surface area contributed by atoms with Gasteiger partial charge in [-0.3, -0.25) is 0 Å². The fourth-order valence-corrected chi connectivity index (χ4v) is 2.09. The second-order valence-electron chi connectivity index (χ2n) is 4.39. The number of hydrogen-bond donors (Lipinski definition) is 1. The fourth-order valence-electron chi connectivity index (χ4n) is 1.88. The van der Waals surface area contributed by atoms with Gasteiger partial charge in [-0.2, -0.15) is 0 Å². The van der Waals surface area contributed by atoms with Crippen molar-refractivity contribution in [2.45, 2.75) is 26.8 Å². The summed E-state index contributed by atoms with van der Waals surface area (Å²) in [4.78, 5) is 4.49. The van der Waals surface area contributed by atoms with Crippen LogP contribution in [0.1, 0.15) is 24.6 Å². The maximum Gasteiger partial charge on any atom is 0.203 e. The van der Waals surface area contributed by atoms with Crippen LogP contribution in [0.5, 0.6) is 0 Å². The highest BCUT2D eigenvalue weighted by molar-refractivity contribution is 6.30. The lowest BCUT2D eigenvalue weighted by Crippen LogP contribution is -2.08. The summed E-state index contributed by atoms with van der Waals surface area (Å²) < 4.78 is 2.12. The Morgan fingerprint density at radius 1 is 1.39 bits per heavy atom. The van der Waals surface area contributed by atoms with Gasteiger partial charge in [-0.25, -0.2) is 4.98 Å². The molecule has 1 aromatic carbocycles. The Morgan fingerprint density at radius 2 is 2.22 bits per heavy atom. The van der Waals surface area contributed by atoms with Crippen LogP contribution in [0.3, 0.4) is 0 Å². The highest BCUT2D eigenvalue weighted by atomic mass is 35.5. The van der Waals surface area contributed by atoms with Gasteiger partial charge in [0.1, 0.15) is 0 Å². The largest absolute Gasteiger partial charge is 0.356 e. The highest BCUT2D eigenvalue weighted by Crippen LogP contribution is 2.15. The summed E-state index contributed by atoms with van der Waals surface area (Å²) in [5.74, 6) is 0.925. The van der Waals surface area contributed by atoms with Gasteiger partial charge in [0.05, 0.1) is 12.2 Å². The number of nitrogens with one attached hydrogen (secondary N) is 1. The lowest BCUT2D eigenvalue weighted by molar-refractivity contribution is 0.792. The van der Waals surface area contributed by atoms with Crippen LogP contribution < -0.4 is 5.32 Å². The molecule has 0 unspecified atom stereocenters. The van der Waals surface area contributed by atoms with E-state index in [1.807, 2.05) is 25.1 Å². The molecule has 1 heterocycles. The SMILES string of the molecule is CCCNc1nc(C)cn1Cc1cccc(Cl)c1. The van der Waals surface area contributed by atoms with Crippen molar-refractivity contribution < 1.29 is 0 Å². The van der Waals surface area contributed by atoms with Gasteiger partial charge < -0.3 is 9.88 Å². The molecule has 0 atom stereocenters. The molecule has 0 aliphatic rings. The molecule has 96 valence electrons. The molecule has 1 N–H and O–H groups in total. The summed E-state index contributed by atoms with van der Waals surface area (Å²) in [7, 11) is 0. The summed E-state index contributed by atoms with van der Waals surface area (Å²) >= 11 is 6.00. The second-order valence-corrected chi connectivity index (χ2v) is 4.83. The van der Waals surface area contributed by atoms with Crippen LogP contribution in [0.15, 0.2) is 30.5 Å². The molecule has 0 fully saturated rings. The van der Waals surface area contributed by atoms with Crippen molar-refractivity contribution in [1.82, 2.24) is 9.55 Å². The number of nitrogens with zero attached hydrogens (tertiary/aromatic N) is 2. The van der Waals surface area contributed by atoms with E-state index in [2.05, 4.69) is 34.1 Å². The Hall–Kier alpha value is -1.48. The predicted octanol–water partition coefficient (Wildman–Crippen LogP) is 3.72. The van der Waals surface area contributed by atoms with Gasteiger partial charge >= 0.3 is 0 Å². The third-order valence-corrected chi connectivity index (χ3v) is 2.91. The van der Waals surface area contributed by atoms with Crippen molar-refractivity contribution in [2.75, 3.05) is 11.9 Å². The molecule has 3 nitrogen and oxygen atoms in total. The zero-order valence-electron chi connectivity index (χ0n) is 10.8. The van der Waals surface area contributed by atoms with Crippen molar-refractivity contribution in [2.24, 2.45) is 0 Å². The zero-order chi connectivity index (χ0) is 13.0. The van der Waals surface area contributed by atoms with Crippen LogP contribution >= 0.6 is 11.6 Å². The summed E-state index contributed by atoms with van der Waals surface area (Å²) in [6, 6.07) is 7.92. The van der Waals surface area contributed by atoms with E-state index in [-0.39, 0.29) is 0 Å². The molecule has 18 heavy (non-hydrogen) atoms. The Kier molecular flexibility index (Phi) is 4.26. The normalized spacial score (nSPS) is 10.6. The Balaban J connectivity index is 2.17. The van der Waals surface area contributed by atoms with Crippen LogP contribution in [0.4, 0.5) is 5.95 Å². The Labute approximate surface area is 113 Å². The van der Waals surface area contributed by atoms with Crippen LogP contribution in [0.25, 0.3) is 0 Å². The quantitative estimate of drug-likeness (QED) is 0.891.